The quantitative estimate of drug-likeness (QED) is 0.0863. The normalized spacial score (nSPS) is 10.5. The van der Waals surface area contributed by atoms with Crippen molar-refractivity contribution in [2.75, 3.05) is 23.5 Å². The monoisotopic (exact) mass is 772 g/mol. The van der Waals surface area contributed by atoms with Crippen molar-refractivity contribution in [2.24, 2.45) is 0 Å². The molecule has 0 atom stereocenters. The minimum absolute atomic E-state index is 0. The van der Waals surface area contributed by atoms with Crippen LogP contribution < -0.4 is 19.3 Å². The number of anilines is 6. The summed E-state index contributed by atoms with van der Waals surface area (Å²) in [6.45, 7) is 10.5. The lowest BCUT2D eigenvalue weighted by atomic mass is 10.0. The Morgan fingerprint density at radius 2 is 0.949 bits per heavy atom. The Bertz CT molecular complexity index is 2550. The molecule has 0 saturated heterocycles. The third-order valence-electron chi connectivity index (χ3n) is 9.42. The van der Waals surface area contributed by atoms with E-state index in [4.69, 9.17) is 16.0 Å². The van der Waals surface area contributed by atoms with Crippen molar-refractivity contribution >= 4 is 64.1 Å². The molecule has 0 aliphatic carbocycles. The van der Waals surface area contributed by atoms with Crippen molar-refractivity contribution in [1.82, 2.24) is 0 Å². The van der Waals surface area contributed by atoms with Gasteiger partial charge in [0.2, 0.25) is 0 Å². The van der Waals surface area contributed by atoms with Crippen LogP contribution in [0, 0.1) is 17.9 Å². The highest BCUT2D eigenvalue weighted by Crippen LogP contribution is 2.37. The third-order valence-corrected chi connectivity index (χ3v) is 9.42. The largest absolute Gasteiger partial charge is 0.497 e. The molecule has 0 aromatic heterocycles. The fourth-order valence-corrected chi connectivity index (χ4v) is 6.57. The van der Waals surface area contributed by atoms with Crippen molar-refractivity contribution in [3.05, 3.63) is 209 Å². The maximum Gasteiger partial charge on any atom is 0.194 e. The SMILES string of the molecule is C.C.[C-]#[N+]c1cc(/C=C\c2ccc(N(c3ccccc3)c3ccc(OCC)cc3)cc2)c(C#N)cc1/C=C\c1ccc(N(c2ccccc2)c2ccc(OC)cc2)cc1. The summed E-state index contributed by atoms with van der Waals surface area (Å²) in [6.07, 6.45) is 7.74. The molecule has 0 bridgehead atoms. The van der Waals surface area contributed by atoms with Crippen LogP contribution >= 0.6 is 0 Å². The van der Waals surface area contributed by atoms with Crippen LogP contribution in [0.2, 0.25) is 0 Å². The Morgan fingerprint density at radius 3 is 1.36 bits per heavy atom. The maximum atomic E-state index is 10.1. The van der Waals surface area contributed by atoms with Crippen LogP contribution in [0.3, 0.4) is 0 Å². The third kappa shape index (κ3) is 10.1. The minimum Gasteiger partial charge on any atom is -0.497 e. The molecule has 0 radical (unpaired) electrons. The first-order valence-electron chi connectivity index (χ1n) is 18.7. The summed E-state index contributed by atoms with van der Waals surface area (Å²) in [6, 6.07) is 59.0. The number of nitriles is 1. The molecule has 6 heteroatoms. The molecule has 59 heavy (non-hydrogen) atoms. The number of hydrogen-bond donors (Lipinski definition) is 0. The number of para-hydroxylation sites is 2. The van der Waals surface area contributed by atoms with E-state index < -0.39 is 0 Å². The number of ether oxygens (including phenoxy) is 2. The van der Waals surface area contributed by atoms with Crippen LogP contribution in [0.15, 0.2) is 170 Å². The molecule has 0 amide bonds. The number of nitrogens with zero attached hydrogens (tertiary/aromatic N) is 4. The molecular formula is C53H48N4O2. The lowest BCUT2D eigenvalue weighted by Crippen LogP contribution is -2.09. The molecule has 0 N–H and O–H groups in total. The Morgan fingerprint density at radius 1 is 0.542 bits per heavy atom. The molecule has 0 aliphatic heterocycles. The summed E-state index contributed by atoms with van der Waals surface area (Å²) < 4.78 is 11.0. The molecule has 0 unspecified atom stereocenters. The van der Waals surface area contributed by atoms with Gasteiger partial charge >= 0.3 is 0 Å². The number of methoxy groups -OCH3 is 1. The van der Waals surface area contributed by atoms with Crippen LogP contribution in [0.1, 0.15) is 49.6 Å². The van der Waals surface area contributed by atoms with Gasteiger partial charge in [0.25, 0.3) is 0 Å². The van der Waals surface area contributed by atoms with Crippen molar-refractivity contribution in [3.8, 4) is 17.6 Å². The van der Waals surface area contributed by atoms with Gasteiger partial charge in [-0.3, -0.25) is 0 Å². The van der Waals surface area contributed by atoms with E-state index in [2.05, 4.69) is 93.5 Å². The van der Waals surface area contributed by atoms with E-state index >= 15 is 0 Å². The zero-order valence-corrected chi connectivity index (χ0v) is 31.8. The molecule has 0 saturated carbocycles. The van der Waals surface area contributed by atoms with Crippen LogP contribution in [0.25, 0.3) is 29.1 Å². The molecular weight excluding hydrogens is 725 g/mol. The first-order chi connectivity index (χ1) is 28.1. The lowest BCUT2D eigenvalue weighted by Gasteiger charge is -2.25. The number of hydrogen-bond acceptors (Lipinski definition) is 5. The maximum absolute atomic E-state index is 10.1. The fourth-order valence-electron chi connectivity index (χ4n) is 6.57. The molecule has 7 aromatic rings. The van der Waals surface area contributed by atoms with Crippen molar-refractivity contribution in [1.29, 1.82) is 5.26 Å². The summed E-state index contributed by atoms with van der Waals surface area (Å²) in [5.41, 5.74) is 10.4. The highest BCUT2D eigenvalue weighted by molar-refractivity contribution is 5.84. The topological polar surface area (TPSA) is 53.1 Å². The molecule has 0 spiro atoms. The fraction of sp³-hybridized carbons (Fsp3) is 0.0943. The molecule has 0 fully saturated rings. The van der Waals surface area contributed by atoms with Gasteiger partial charge in [-0.15, -0.1) is 0 Å². The Balaban J connectivity index is 0.00000331. The Hall–Kier alpha value is -7.80. The van der Waals surface area contributed by atoms with Gasteiger partial charge in [0.15, 0.2) is 5.69 Å². The van der Waals surface area contributed by atoms with Crippen LogP contribution in [0.4, 0.5) is 39.8 Å². The standard InChI is InChI=1S/C51H40N4O2.2CH4/c1-4-57-50-33-29-48(30-34-50)55(44-13-9-6-10-14-44)46-23-17-38(18-24-46)15-21-40-36-51(53-2)41(35-42(40)37-52)22-16-39-19-25-45(26-20-39)54(43-11-7-5-8-12-43)47-27-31-49(56-3)32-28-47;;/h5-36H,4H2,1,3H3;2*1H4/b21-15-,22-16-;;. The summed E-state index contributed by atoms with van der Waals surface area (Å²) in [5.74, 6) is 1.63. The van der Waals surface area contributed by atoms with Gasteiger partial charge in [-0.05, 0) is 138 Å². The van der Waals surface area contributed by atoms with E-state index in [1.165, 1.54) is 0 Å². The van der Waals surface area contributed by atoms with Crippen LogP contribution in [-0.4, -0.2) is 13.7 Å². The van der Waals surface area contributed by atoms with E-state index in [0.29, 0.717) is 29.0 Å². The lowest BCUT2D eigenvalue weighted by molar-refractivity contribution is 0.340. The predicted molar refractivity (Wildman–Crippen MR) is 249 cm³/mol. The van der Waals surface area contributed by atoms with E-state index in [1.54, 1.807) is 19.2 Å². The second-order valence-corrected chi connectivity index (χ2v) is 13.0. The summed E-state index contributed by atoms with van der Waals surface area (Å²) in [5, 5.41) is 10.1. The van der Waals surface area contributed by atoms with Crippen LogP contribution in [0.5, 0.6) is 11.5 Å². The van der Waals surface area contributed by atoms with Gasteiger partial charge in [-0.1, -0.05) is 99.8 Å². The van der Waals surface area contributed by atoms with E-state index in [1.807, 2.05) is 116 Å². The van der Waals surface area contributed by atoms with E-state index in [9.17, 15) is 5.26 Å². The summed E-state index contributed by atoms with van der Waals surface area (Å²) in [4.78, 5) is 8.20. The Kier molecular flexibility index (Phi) is 14.6. The van der Waals surface area contributed by atoms with Crippen LogP contribution in [-0.2, 0) is 0 Å². The molecule has 7 rings (SSSR count). The van der Waals surface area contributed by atoms with E-state index in [-0.39, 0.29) is 14.9 Å². The molecule has 292 valence electrons. The highest BCUT2D eigenvalue weighted by atomic mass is 16.5. The van der Waals surface area contributed by atoms with Crippen molar-refractivity contribution < 1.29 is 9.47 Å². The first kappa shape index (κ1) is 42.3. The number of rotatable bonds is 13. The first-order valence-corrected chi connectivity index (χ1v) is 18.7. The molecule has 6 nitrogen and oxygen atoms in total. The highest BCUT2D eigenvalue weighted by Gasteiger charge is 2.14. The predicted octanol–water partition coefficient (Wildman–Crippen LogP) is 15.1. The summed E-state index contributed by atoms with van der Waals surface area (Å²) in [7, 11) is 1.66. The molecule has 7 aromatic carbocycles. The minimum atomic E-state index is 0. The second kappa shape index (κ2) is 20.4. The van der Waals surface area contributed by atoms with Gasteiger partial charge in [0, 0.05) is 34.1 Å². The van der Waals surface area contributed by atoms with Gasteiger partial charge in [0.05, 0.1) is 31.9 Å². The smallest absolute Gasteiger partial charge is 0.194 e. The Labute approximate surface area is 349 Å². The zero-order valence-electron chi connectivity index (χ0n) is 31.8. The van der Waals surface area contributed by atoms with E-state index in [0.717, 1.165) is 56.8 Å². The van der Waals surface area contributed by atoms with Gasteiger partial charge in [-0.25, -0.2) is 4.85 Å². The average Bonchev–Trinajstić information content (AvgIpc) is 3.27. The van der Waals surface area contributed by atoms with Crippen molar-refractivity contribution in [3.63, 3.8) is 0 Å². The average molecular weight is 773 g/mol. The summed E-state index contributed by atoms with van der Waals surface area (Å²) >= 11 is 0. The number of benzene rings is 7. The van der Waals surface area contributed by atoms with Gasteiger partial charge < -0.3 is 19.3 Å². The zero-order chi connectivity index (χ0) is 39.4. The van der Waals surface area contributed by atoms with Gasteiger partial charge in [0.1, 0.15) is 11.5 Å². The van der Waals surface area contributed by atoms with Crippen molar-refractivity contribution in [2.45, 2.75) is 21.8 Å². The molecule has 0 heterocycles. The van der Waals surface area contributed by atoms with Gasteiger partial charge in [-0.2, -0.15) is 5.26 Å². The second-order valence-electron chi connectivity index (χ2n) is 13.0. The molecule has 0 aliphatic rings.